The van der Waals surface area contributed by atoms with E-state index < -0.39 is 0 Å². The van der Waals surface area contributed by atoms with E-state index in [2.05, 4.69) is 11.9 Å². The molecule has 0 aliphatic heterocycles. The van der Waals surface area contributed by atoms with Crippen molar-refractivity contribution >= 4 is 0 Å². The van der Waals surface area contributed by atoms with Gasteiger partial charge < -0.3 is 10.4 Å². The quantitative estimate of drug-likeness (QED) is 0.462. The number of hydrogen-bond donors (Lipinski definition) is 2. The first-order valence-corrected chi connectivity index (χ1v) is 5.81. The standard InChI is InChI=1S/C12H23NO/c1-2-3-4-5-6-10-13-11-12(14)8-7-9-12/h2,13-14H,1,3-11H2. The van der Waals surface area contributed by atoms with E-state index in [-0.39, 0.29) is 5.60 Å². The van der Waals surface area contributed by atoms with Gasteiger partial charge in [0, 0.05) is 6.54 Å². The fourth-order valence-corrected chi connectivity index (χ4v) is 1.80. The topological polar surface area (TPSA) is 32.3 Å². The SMILES string of the molecule is C=CCCCCCNCC1(O)CCC1. The minimum absolute atomic E-state index is 0.360. The first-order chi connectivity index (χ1) is 6.77. The molecule has 1 saturated carbocycles. The Morgan fingerprint density at radius 1 is 1.29 bits per heavy atom. The summed E-state index contributed by atoms with van der Waals surface area (Å²) in [6.07, 6.45) is 9.98. The van der Waals surface area contributed by atoms with E-state index in [1.165, 1.54) is 25.7 Å². The summed E-state index contributed by atoms with van der Waals surface area (Å²) in [7, 11) is 0. The zero-order valence-electron chi connectivity index (χ0n) is 9.10. The molecule has 1 aliphatic rings. The molecule has 0 unspecified atom stereocenters. The third-order valence-electron chi connectivity index (χ3n) is 3.00. The van der Waals surface area contributed by atoms with Crippen molar-refractivity contribution < 1.29 is 5.11 Å². The number of nitrogens with one attached hydrogen (secondary N) is 1. The largest absolute Gasteiger partial charge is 0.389 e. The monoisotopic (exact) mass is 197 g/mol. The van der Waals surface area contributed by atoms with Crippen LogP contribution >= 0.6 is 0 Å². The van der Waals surface area contributed by atoms with Crippen LogP contribution in [0.2, 0.25) is 0 Å². The molecule has 0 aromatic rings. The second kappa shape index (κ2) is 6.20. The van der Waals surface area contributed by atoms with Crippen LogP contribution in [0.25, 0.3) is 0 Å². The molecule has 82 valence electrons. The number of allylic oxidation sites excluding steroid dienone is 1. The van der Waals surface area contributed by atoms with Gasteiger partial charge in [-0.2, -0.15) is 0 Å². The molecule has 0 aromatic heterocycles. The highest BCUT2D eigenvalue weighted by molar-refractivity contribution is 4.89. The molecule has 0 aromatic carbocycles. The van der Waals surface area contributed by atoms with Gasteiger partial charge in [0.2, 0.25) is 0 Å². The highest BCUT2D eigenvalue weighted by Gasteiger charge is 2.33. The third-order valence-corrected chi connectivity index (χ3v) is 3.00. The lowest BCUT2D eigenvalue weighted by Crippen LogP contribution is -2.46. The molecule has 0 bridgehead atoms. The molecule has 0 heterocycles. The predicted octanol–water partition coefficient (Wildman–Crippen LogP) is 2.24. The van der Waals surface area contributed by atoms with Crippen molar-refractivity contribution in [1.29, 1.82) is 0 Å². The van der Waals surface area contributed by atoms with Crippen molar-refractivity contribution in [3.8, 4) is 0 Å². The van der Waals surface area contributed by atoms with Crippen molar-refractivity contribution in [1.82, 2.24) is 5.32 Å². The van der Waals surface area contributed by atoms with Gasteiger partial charge in [0.25, 0.3) is 0 Å². The smallest absolute Gasteiger partial charge is 0.0771 e. The second-order valence-corrected chi connectivity index (χ2v) is 4.39. The molecular weight excluding hydrogens is 174 g/mol. The molecular formula is C12H23NO. The van der Waals surface area contributed by atoms with Gasteiger partial charge in [-0.3, -0.25) is 0 Å². The molecule has 0 spiro atoms. The Morgan fingerprint density at radius 3 is 2.64 bits per heavy atom. The summed E-state index contributed by atoms with van der Waals surface area (Å²) in [6, 6.07) is 0. The minimum atomic E-state index is -0.360. The average molecular weight is 197 g/mol. The van der Waals surface area contributed by atoms with Gasteiger partial charge in [0.15, 0.2) is 0 Å². The lowest BCUT2D eigenvalue weighted by molar-refractivity contribution is -0.0311. The van der Waals surface area contributed by atoms with Crippen LogP contribution in [0.15, 0.2) is 12.7 Å². The van der Waals surface area contributed by atoms with Gasteiger partial charge in [0.1, 0.15) is 0 Å². The molecule has 0 atom stereocenters. The maximum Gasteiger partial charge on any atom is 0.0771 e. The number of rotatable bonds is 8. The minimum Gasteiger partial charge on any atom is -0.389 e. The van der Waals surface area contributed by atoms with E-state index in [1.807, 2.05) is 6.08 Å². The fraction of sp³-hybridized carbons (Fsp3) is 0.833. The fourth-order valence-electron chi connectivity index (χ4n) is 1.80. The van der Waals surface area contributed by atoms with E-state index in [1.54, 1.807) is 0 Å². The van der Waals surface area contributed by atoms with Crippen LogP contribution in [0.4, 0.5) is 0 Å². The average Bonchev–Trinajstić information content (AvgIpc) is 2.14. The maximum absolute atomic E-state index is 9.77. The Kier molecular flexibility index (Phi) is 5.20. The van der Waals surface area contributed by atoms with Crippen LogP contribution in [-0.2, 0) is 0 Å². The number of hydrogen-bond acceptors (Lipinski definition) is 2. The van der Waals surface area contributed by atoms with E-state index >= 15 is 0 Å². The molecule has 0 radical (unpaired) electrons. The summed E-state index contributed by atoms with van der Waals surface area (Å²) in [5.74, 6) is 0. The molecule has 2 heteroatoms. The Hall–Kier alpha value is -0.340. The molecule has 2 nitrogen and oxygen atoms in total. The van der Waals surface area contributed by atoms with Crippen molar-refractivity contribution in [2.24, 2.45) is 0 Å². The van der Waals surface area contributed by atoms with E-state index in [0.717, 1.165) is 32.4 Å². The normalized spacial score (nSPS) is 18.9. The Labute approximate surface area is 87.4 Å². The van der Waals surface area contributed by atoms with Gasteiger partial charge in [-0.05, 0) is 45.1 Å². The summed E-state index contributed by atoms with van der Waals surface area (Å²) >= 11 is 0. The third kappa shape index (κ3) is 4.25. The van der Waals surface area contributed by atoms with Crippen molar-refractivity contribution in [2.75, 3.05) is 13.1 Å². The van der Waals surface area contributed by atoms with Crippen LogP contribution < -0.4 is 5.32 Å². The lowest BCUT2D eigenvalue weighted by atomic mass is 9.80. The first-order valence-electron chi connectivity index (χ1n) is 5.81. The van der Waals surface area contributed by atoms with Gasteiger partial charge in [-0.25, -0.2) is 0 Å². The van der Waals surface area contributed by atoms with Crippen LogP contribution in [0.1, 0.15) is 44.9 Å². The van der Waals surface area contributed by atoms with Crippen LogP contribution in [0.5, 0.6) is 0 Å². The molecule has 0 amide bonds. The molecule has 1 rings (SSSR count). The van der Waals surface area contributed by atoms with Crippen molar-refractivity contribution in [3.63, 3.8) is 0 Å². The molecule has 1 aliphatic carbocycles. The molecule has 2 N–H and O–H groups in total. The summed E-state index contributed by atoms with van der Waals surface area (Å²) in [5.41, 5.74) is -0.360. The molecule has 14 heavy (non-hydrogen) atoms. The summed E-state index contributed by atoms with van der Waals surface area (Å²) in [4.78, 5) is 0. The Morgan fingerprint density at radius 2 is 2.07 bits per heavy atom. The number of aliphatic hydroxyl groups is 1. The first kappa shape index (κ1) is 11.7. The highest BCUT2D eigenvalue weighted by atomic mass is 16.3. The zero-order valence-corrected chi connectivity index (χ0v) is 9.10. The maximum atomic E-state index is 9.77. The Bertz CT molecular complexity index is 164. The van der Waals surface area contributed by atoms with Crippen LogP contribution in [0.3, 0.4) is 0 Å². The summed E-state index contributed by atoms with van der Waals surface area (Å²) < 4.78 is 0. The second-order valence-electron chi connectivity index (χ2n) is 4.39. The lowest BCUT2D eigenvalue weighted by Gasteiger charge is -2.36. The summed E-state index contributed by atoms with van der Waals surface area (Å²) in [5, 5.41) is 13.1. The summed E-state index contributed by atoms with van der Waals surface area (Å²) in [6.45, 7) is 5.52. The molecule has 1 fully saturated rings. The van der Waals surface area contributed by atoms with Crippen molar-refractivity contribution in [3.05, 3.63) is 12.7 Å². The van der Waals surface area contributed by atoms with E-state index in [4.69, 9.17) is 0 Å². The van der Waals surface area contributed by atoms with Gasteiger partial charge in [-0.15, -0.1) is 6.58 Å². The van der Waals surface area contributed by atoms with Crippen LogP contribution in [0, 0.1) is 0 Å². The van der Waals surface area contributed by atoms with Gasteiger partial charge >= 0.3 is 0 Å². The van der Waals surface area contributed by atoms with E-state index in [0.29, 0.717) is 0 Å². The predicted molar refractivity (Wildman–Crippen MR) is 60.3 cm³/mol. The van der Waals surface area contributed by atoms with Crippen molar-refractivity contribution in [2.45, 2.75) is 50.5 Å². The Balaban J connectivity index is 1.82. The van der Waals surface area contributed by atoms with Gasteiger partial charge in [0.05, 0.1) is 5.60 Å². The van der Waals surface area contributed by atoms with E-state index in [9.17, 15) is 5.11 Å². The van der Waals surface area contributed by atoms with Gasteiger partial charge in [-0.1, -0.05) is 12.5 Å². The number of unbranched alkanes of at least 4 members (excludes halogenated alkanes) is 3. The van der Waals surface area contributed by atoms with Crippen LogP contribution in [-0.4, -0.2) is 23.8 Å². The zero-order chi connectivity index (χ0) is 10.3. The highest BCUT2D eigenvalue weighted by Crippen LogP contribution is 2.30. The molecule has 0 saturated heterocycles.